The van der Waals surface area contributed by atoms with Crippen LogP contribution in [-0.2, 0) is 14.3 Å². The first-order chi connectivity index (χ1) is 12.6. The van der Waals surface area contributed by atoms with Crippen molar-refractivity contribution in [3.8, 4) is 11.5 Å². The highest BCUT2D eigenvalue weighted by atomic mass is 32.2. The molecule has 0 aliphatic carbocycles. The van der Waals surface area contributed by atoms with E-state index in [2.05, 4.69) is 4.99 Å². The number of amidine groups is 1. The van der Waals surface area contributed by atoms with Crippen LogP contribution in [0.3, 0.4) is 0 Å². The Bertz CT molecular complexity index is 748. The number of ether oxygens (including phenoxy) is 4. The third-order valence-corrected chi connectivity index (χ3v) is 5.93. The van der Waals surface area contributed by atoms with Crippen molar-refractivity contribution < 1.29 is 23.7 Å². The first-order valence-corrected chi connectivity index (χ1v) is 9.07. The molecule has 3 heterocycles. The van der Waals surface area contributed by atoms with E-state index in [4.69, 9.17) is 18.9 Å². The zero-order chi connectivity index (χ0) is 18.3. The summed E-state index contributed by atoms with van der Waals surface area (Å²) in [6.45, 7) is 1.69. The standard InChI is InChI=1S/C17H21N3O5S/c1-19-9-18-16-20(10-19)15(21)17(26-16)7-24-14(25-8-17)11-4-5-12(22-2)13(6-11)23-3/h4-6,14H,7-10H2,1-3H3. The lowest BCUT2D eigenvalue weighted by Gasteiger charge is -2.35. The molecular weight excluding hydrogens is 358 g/mol. The lowest BCUT2D eigenvalue weighted by molar-refractivity contribution is -0.199. The number of thioether (sulfide) groups is 1. The highest BCUT2D eigenvalue weighted by molar-refractivity contribution is 8.16. The van der Waals surface area contributed by atoms with Crippen molar-refractivity contribution in [2.24, 2.45) is 4.99 Å². The van der Waals surface area contributed by atoms with Crippen LogP contribution in [-0.4, -0.2) is 73.4 Å². The summed E-state index contributed by atoms with van der Waals surface area (Å²) in [7, 11) is 5.11. The van der Waals surface area contributed by atoms with Gasteiger partial charge in [0.2, 0.25) is 0 Å². The van der Waals surface area contributed by atoms with Gasteiger partial charge in [0.05, 0.1) is 40.8 Å². The summed E-state index contributed by atoms with van der Waals surface area (Å²) in [6, 6.07) is 5.51. The Kier molecular flexibility index (Phi) is 4.55. The van der Waals surface area contributed by atoms with Crippen molar-refractivity contribution in [1.82, 2.24) is 9.80 Å². The summed E-state index contributed by atoms with van der Waals surface area (Å²) in [5.74, 6) is 1.25. The molecule has 0 unspecified atom stereocenters. The first-order valence-electron chi connectivity index (χ1n) is 8.25. The molecule has 1 aromatic carbocycles. The van der Waals surface area contributed by atoms with E-state index in [1.54, 1.807) is 19.1 Å². The zero-order valence-electron chi connectivity index (χ0n) is 14.9. The Labute approximate surface area is 156 Å². The Morgan fingerprint density at radius 1 is 1.23 bits per heavy atom. The maximum absolute atomic E-state index is 12.9. The fraction of sp³-hybridized carbons (Fsp3) is 0.529. The minimum Gasteiger partial charge on any atom is -0.493 e. The predicted octanol–water partition coefficient (Wildman–Crippen LogP) is 1.28. The van der Waals surface area contributed by atoms with Gasteiger partial charge in [0.25, 0.3) is 5.91 Å². The number of nitrogens with zero attached hydrogens (tertiary/aromatic N) is 3. The first kappa shape index (κ1) is 17.6. The van der Waals surface area contributed by atoms with Gasteiger partial charge in [-0.3, -0.25) is 14.6 Å². The third kappa shape index (κ3) is 2.84. The molecule has 0 N–H and O–H groups in total. The van der Waals surface area contributed by atoms with Crippen molar-refractivity contribution in [1.29, 1.82) is 0 Å². The molecule has 1 aromatic rings. The Morgan fingerprint density at radius 2 is 1.96 bits per heavy atom. The van der Waals surface area contributed by atoms with E-state index in [0.717, 1.165) is 10.7 Å². The molecule has 4 rings (SSSR count). The van der Waals surface area contributed by atoms with Gasteiger partial charge in [-0.25, -0.2) is 4.99 Å². The lowest BCUT2D eigenvalue weighted by atomic mass is 10.1. The maximum Gasteiger partial charge on any atom is 0.251 e. The van der Waals surface area contributed by atoms with Crippen molar-refractivity contribution >= 4 is 22.8 Å². The van der Waals surface area contributed by atoms with Gasteiger partial charge < -0.3 is 18.9 Å². The second-order valence-corrected chi connectivity index (χ2v) is 7.83. The number of aliphatic imine (C=N–C) groups is 1. The molecule has 0 bridgehead atoms. The molecule has 9 heteroatoms. The fourth-order valence-corrected chi connectivity index (χ4v) is 4.37. The maximum atomic E-state index is 12.9. The Hall–Kier alpha value is -1.81. The smallest absolute Gasteiger partial charge is 0.251 e. The van der Waals surface area contributed by atoms with Crippen molar-refractivity contribution in [2.75, 3.05) is 47.8 Å². The van der Waals surface area contributed by atoms with Crippen LogP contribution in [0.1, 0.15) is 11.9 Å². The second kappa shape index (κ2) is 6.73. The molecule has 1 amide bonds. The summed E-state index contributed by atoms with van der Waals surface area (Å²) in [4.78, 5) is 21.0. The van der Waals surface area contributed by atoms with Gasteiger partial charge in [-0.15, -0.1) is 0 Å². The van der Waals surface area contributed by atoms with Crippen LogP contribution in [0.5, 0.6) is 11.5 Å². The highest BCUT2D eigenvalue weighted by Gasteiger charge is 2.55. The molecule has 3 aliphatic rings. The molecule has 0 saturated carbocycles. The van der Waals surface area contributed by atoms with Gasteiger partial charge >= 0.3 is 0 Å². The number of hydrogen-bond donors (Lipinski definition) is 0. The van der Waals surface area contributed by atoms with E-state index in [-0.39, 0.29) is 19.1 Å². The van der Waals surface area contributed by atoms with Crippen molar-refractivity contribution in [3.05, 3.63) is 23.8 Å². The number of rotatable bonds is 3. The minimum atomic E-state index is -0.753. The molecular formula is C17H21N3O5S. The molecule has 2 saturated heterocycles. The van der Waals surface area contributed by atoms with E-state index < -0.39 is 11.0 Å². The van der Waals surface area contributed by atoms with Crippen LogP contribution < -0.4 is 9.47 Å². The molecule has 8 nitrogen and oxygen atoms in total. The molecule has 3 aliphatic heterocycles. The Balaban J connectivity index is 1.49. The zero-order valence-corrected chi connectivity index (χ0v) is 15.7. The summed E-state index contributed by atoms with van der Waals surface area (Å²) >= 11 is 1.44. The van der Waals surface area contributed by atoms with E-state index in [1.165, 1.54) is 11.8 Å². The number of hydrogen-bond acceptors (Lipinski definition) is 8. The van der Waals surface area contributed by atoms with E-state index in [1.807, 2.05) is 30.1 Å². The summed E-state index contributed by atoms with van der Waals surface area (Å²) in [5, 5.41) is 0.755. The van der Waals surface area contributed by atoms with Gasteiger partial charge in [-0.2, -0.15) is 0 Å². The fourth-order valence-electron chi connectivity index (χ4n) is 3.20. The molecule has 2 fully saturated rings. The number of methoxy groups -OCH3 is 2. The number of benzene rings is 1. The average Bonchev–Trinajstić information content (AvgIpc) is 2.93. The van der Waals surface area contributed by atoms with Gasteiger partial charge in [0.15, 0.2) is 23.0 Å². The molecule has 1 spiro atoms. The van der Waals surface area contributed by atoms with Crippen LogP contribution in [0.4, 0.5) is 0 Å². The molecule has 26 heavy (non-hydrogen) atoms. The summed E-state index contributed by atoms with van der Waals surface area (Å²) in [5.41, 5.74) is 0.822. The van der Waals surface area contributed by atoms with Crippen LogP contribution in [0.15, 0.2) is 23.2 Å². The van der Waals surface area contributed by atoms with Crippen LogP contribution in [0.25, 0.3) is 0 Å². The monoisotopic (exact) mass is 379 g/mol. The third-order valence-electron chi connectivity index (χ3n) is 4.60. The molecule has 0 aromatic heterocycles. The number of carbonyl (C=O) groups is 1. The van der Waals surface area contributed by atoms with Crippen molar-refractivity contribution in [2.45, 2.75) is 11.0 Å². The molecule has 0 radical (unpaired) electrons. The van der Waals surface area contributed by atoms with Gasteiger partial charge in [0, 0.05) is 5.56 Å². The van der Waals surface area contributed by atoms with E-state index >= 15 is 0 Å². The number of amides is 1. The van der Waals surface area contributed by atoms with E-state index in [0.29, 0.717) is 24.8 Å². The molecule has 0 atom stereocenters. The largest absolute Gasteiger partial charge is 0.493 e. The second-order valence-electron chi connectivity index (χ2n) is 6.48. The SMILES string of the molecule is COc1ccc(C2OCC3(CO2)SC2=NCN(C)CN2C3=O)cc1OC. The predicted molar refractivity (Wildman–Crippen MR) is 96.3 cm³/mol. The Morgan fingerprint density at radius 3 is 2.65 bits per heavy atom. The lowest BCUT2D eigenvalue weighted by Crippen LogP contribution is -2.52. The summed E-state index contributed by atoms with van der Waals surface area (Å²) < 4.78 is 21.7. The van der Waals surface area contributed by atoms with Crippen LogP contribution >= 0.6 is 11.8 Å². The van der Waals surface area contributed by atoms with E-state index in [9.17, 15) is 4.79 Å². The quantitative estimate of drug-likeness (QED) is 0.783. The van der Waals surface area contributed by atoms with Crippen LogP contribution in [0.2, 0.25) is 0 Å². The van der Waals surface area contributed by atoms with Gasteiger partial charge in [-0.1, -0.05) is 17.8 Å². The minimum absolute atomic E-state index is 0.00133. The van der Waals surface area contributed by atoms with Crippen molar-refractivity contribution in [3.63, 3.8) is 0 Å². The highest BCUT2D eigenvalue weighted by Crippen LogP contribution is 2.44. The normalized spacial score (nSPS) is 28.9. The number of carbonyl (C=O) groups excluding carboxylic acids is 1. The molecule has 140 valence electrons. The van der Waals surface area contributed by atoms with Gasteiger partial charge in [0.1, 0.15) is 4.75 Å². The topological polar surface area (TPSA) is 72.8 Å². The summed E-state index contributed by atoms with van der Waals surface area (Å²) in [6.07, 6.45) is -0.545. The average molecular weight is 379 g/mol. The van der Waals surface area contributed by atoms with Crippen LogP contribution in [0, 0.1) is 0 Å². The van der Waals surface area contributed by atoms with Gasteiger partial charge in [-0.05, 0) is 19.2 Å². The number of fused-ring (bicyclic) bond motifs is 1.